The Labute approximate surface area is 89.8 Å². The lowest BCUT2D eigenvalue weighted by molar-refractivity contribution is 0.287. The predicted molar refractivity (Wildman–Crippen MR) is 60.6 cm³/mol. The van der Waals surface area contributed by atoms with E-state index in [9.17, 15) is 0 Å². The van der Waals surface area contributed by atoms with E-state index in [4.69, 9.17) is 0 Å². The minimum absolute atomic E-state index is 0.529. The minimum Gasteiger partial charge on any atom is -0.319 e. The monoisotopic (exact) mass is 210 g/mol. The van der Waals surface area contributed by atoms with Crippen molar-refractivity contribution in [1.29, 1.82) is 0 Å². The van der Waals surface area contributed by atoms with E-state index < -0.39 is 0 Å². The Balaban J connectivity index is 2.04. The van der Waals surface area contributed by atoms with Gasteiger partial charge in [-0.3, -0.25) is 4.98 Å². The number of hydrogen-bond acceptors (Lipinski definition) is 3. The first-order valence-electron chi connectivity index (χ1n) is 5.37. The Hall–Kier alpha value is -0.410. The molecule has 1 fully saturated rings. The van der Waals surface area contributed by atoms with Crippen LogP contribution in [0.15, 0.2) is 11.7 Å². The summed E-state index contributed by atoms with van der Waals surface area (Å²) in [4.78, 5) is 5.60. The maximum atomic E-state index is 4.15. The maximum absolute atomic E-state index is 4.15. The van der Waals surface area contributed by atoms with E-state index in [0.717, 1.165) is 6.54 Å². The van der Waals surface area contributed by atoms with Gasteiger partial charge in [0.2, 0.25) is 0 Å². The fourth-order valence-electron chi connectivity index (χ4n) is 2.62. The molecule has 1 saturated carbocycles. The van der Waals surface area contributed by atoms with Crippen LogP contribution in [0.5, 0.6) is 0 Å². The van der Waals surface area contributed by atoms with Gasteiger partial charge in [-0.2, -0.15) is 0 Å². The molecule has 0 amide bonds. The molecule has 0 spiro atoms. The molecule has 3 heteroatoms. The molecule has 0 atom stereocenters. The first kappa shape index (κ1) is 10.1. The van der Waals surface area contributed by atoms with Crippen LogP contribution in [0.1, 0.15) is 30.6 Å². The fraction of sp³-hybridized carbons (Fsp3) is 0.727. The summed E-state index contributed by atoms with van der Waals surface area (Å²) in [6.07, 6.45) is 8.82. The van der Waals surface area contributed by atoms with Crippen molar-refractivity contribution in [1.82, 2.24) is 10.3 Å². The smallest absolute Gasteiger partial charge is 0.0794 e. The van der Waals surface area contributed by atoms with Crippen LogP contribution in [0.2, 0.25) is 0 Å². The van der Waals surface area contributed by atoms with E-state index in [-0.39, 0.29) is 0 Å². The van der Waals surface area contributed by atoms with Gasteiger partial charge in [0.25, 0.3) is 0 Å². The van der Waals surface area contributed by atoms with Crippen LogP contribution in [0, 0.1) is 5.41 Å². The summed E-state index contributed by atoms with van der Waals surface area (Å²) in [5, 5.41) is 3.35. The Bertz CT molecular complexity index is 263. The minimum atomic E-state index is 0.529. The lowest BCUT2D eigenvalue weighted by Crippen LogP contribution is -2.31. The average Bonchev–Trinajstić information content (AvgIpc) is 2.78. The molecule has 0 radical (unpaired) electrons. The van der Waals surface area contributed by atoms with Crippen LogP contribution in [0.3, 0.4) is 0 Å². The second-order valence-corrected chi connectivity index (χ2v) is 5.35. The molecule has 2 nitrogen and oxygen atoms in total. The van der Waals surface area contributed by atoms with E-state index in [1.54, 1.807) is 11.3 Å². The topological polar surface area (TPSA) is 24.9 Å². The maximum Gasteiger partial charge on any atom is 0.0794 e. The molecule has 0 unspecified atom stereocenters. The highest BCUT2D eigenvalue weighted by molar-refractivity contribution is 7.09. The van der Waals surface area contributed by atoms with Crippen molar-refractivity contribution in [3.63, 3.8) is 0 Å². The molecule has 2 rings (SSSR count). The fourth-order valence-corrected chi connectivity index (χ4v) is 3.38. The first-order valence-corrected chi connectivity index (χ1v) is 6.25. The van der Waals surface area contributed by atoms with Crippen LogP contribution in [-0.4, -0.2) is 18.6 Å². The number of aromatic nitrogens is 1. The first-order chi connectivity index (χ1) is 6.85. The van der Waals surface area contributed by atoms with Crippen LogP contribution in [0.4, 0.5) is 0 Å². The van der Waals surface area contributed by atoms with Gasteiger partial charge < -0.3 is 5.32 Å². The summed E-state index contributed by atoms with van der Waals surface area (Å²) in [7, 11) is 2.06. The summed E-state index contributed by atoms with van der Waals surface area (Å²) in [6, 6.07) is 0. The van der Waals surface area contributed by atoms with Crippen molar-refractivity contribution >= 4 is 11.3 Å². The molecule has 1 aromatic heterocycles. The van der Waals surface area contributed by atoms with Gasteiger partial charge in [-0.1, -0.05) is 12.8 Å². The highest BCUT2D eigenvalue weighted by Gasteiger charge is 2.33. The molecule has 1 heterocycles. The van der Waals surface area contributed by atoms with Crippen LogP contribution >= 0.6 is 11.3 Å². The largest absolute Gasteiger partial charge is 0.319 e. The Morgan fingerprint density at radius 1 is 1.50 bits per heavy atom. The molecule has 14 heavy (non-hydrogen) atoms. The van der Waals surface area contributed by atoms with Gasteiger partial charge >= 0.3 is 0 Å². The predicted octanol–water partition coefficient (Wildman–Crippen LogP) is 2.47. The van der Waals surface area contributed by atoms with Crippen molar-refractivity contribution in [2.45, 2.75) is 32.1 Å². The van der Waals surface area contributed by atoms with Gasteiger partial charge in [0.1, 0.15) is 0 Å². The van der Waals surface area contributed by atoms with Gasteiger partial charge in [-0.15, -0.1) is 11.3 Å². The zero-order valence-corrected chi connectivity index (χ0v) is 9.57. The molecule has 1 aromatic rings. The van der Waals surface area contributed by atoms with E-state index >= 15 is 0 Å². The molecular weight excluding hydrogens is 192 g/mol. The van der Waals surface area contributed by atoms with Crippen molar-refractivity contribution in [2.24, 2.45) is 5.41 Å². The van der Waals surface area contributed by atoms with E-state index in [2.05, 4.69) is 17.3 Å². The van der Waals surface area contributed by atoms with Gasteiger partial charge in [0.15, 0.2) is 0 Å². The van der Waals surface area contributed by atoms with Crippen molar-refractivity contribution in [2.75, 3.05) is 13.6 Å². The van der Waals surface area contributed by atoms with E-state index in [0.29, 0.717) is 5.41 Å². The summed E-state index contributed by atoms with van der Waals surface area (Å²) < 4.78 is 0. The Kier molecular flexibility index (Phi) is 3.19. The summed E-state index contributed by atoms with van der Waals surface area (Å²) in [5.74, 6) is 0. The number of rotatable bonds is 4. The third-order valence-corrected chi connectivity index (χ3v) is 4.03. The van der Waals surface area contributed by atoms with Crippen LogP contribution < -0.4 is 5.32 Å². The molecule has 1 N–H and O–H groups in total. The van der Waals surface area contributed by atoms with Crippen LogP contribution in [0.25, 0.3) is 0 Å². The number of thiazole rings is 1. The molecule has 78 valence electrons. The third kappa shape index (κ3) is 2.15. The number of nitrogens with one attached hydrogen (secondary N) is 1. The highest BCUT2D eigenvalue weighted by Crippen LogP contribution is 2.40. The SMILES string of the molecule is CNCC1(Cc2cncs2)CCCC1. The van der Waals surface area contributed by atoms with Crippen LogP contribution in [-0.2, 0) is 6.42 Å². The molecular formula is C11H18N2S. The zero-order valence-electron chi connectivity index (χ0n) is 8.75. The third-order valence-electron chi connectivity index (χ3n) is 3.25. The van der Waals surface area contributed by atoms with Gasteiger partial charge in [0.05, 0.1) is 5.51 Å². The van der Waals surface area contributed by atoms with Gasteiger partial charge in [-0.25, -0.2) is 0 Å². The molecule has 1 aliphatic rings. The lowest BCUT2D eigenvalue weighted by Gasteiger charge is -2.27. The summed E-state index contributed by atoms with van der Waals surface area (Å²) in [6.45, 7) is 1.16. The zero-order chi connectivity index (χ0) is 9.86. The molecule has 0 bridgehead atoms. The van der Waals surface area contributed by atoms with Gasteiger partial charge in [0, 0.05) is 17.6 Å². The lowest BCUT2D eigenvalue weighted by atomic mass is 9.82. The second kappa shape index (κ2) is 4.41. The Morgan fingerprint density at radius 2 is 2.29 bits per heavy atom. The summed E-state index contributed by atoms with van der Waals surface area (Å²) >= 11 is 1.80. The highest BCUT2D eigenvalue weighted by atomic mass is 32.1. The van der Waals surface area contributed by atoms with E-state index in [1.807, 2.05) is 11.7 Å². The Morgan fingerprint density at radius 3 is 2.86 bits per heavy atom. The average molecular weight is 210 g/mol. The number of nitrogens with zero attached hydrogens (tertiary/aromatic N) is 1. The van der Waals surface area contributed by atoms with Gasteiger partial charge in [-0.05, 0) is 31.7 Å². The molecule has 0 aliphatic heterocycles. The standard InChI is InChI=1S/C11H18N2S/c1-12-8-11(4-2-3-5-11)6-10-7-13-9-14-10/h7,9,12H,2-6,8H2,1H3. The van der Waals surface area contributed by atoms with Crippen molar-refractivity contribution < 1.29 is 0 Å². The normalized spacial score (nSPS) is 20.1. The number of hydrogen-bond donors (Lipinski definition) is 1. The quantitative estimate of drug-likeness (QED) is 0.826. The molecule has 0 saturated heterocycles. The van der Waals surface area contributed by atoms with Crippen molar-refractivity contribution in [3.05, 3.63) is 16.6 Å². The summed E-state index contributed by atoms with van der Waals surface area (Å²) in [5.41, 5.74) is 2.47. The second-order valence-electron chi connectivity index (χ2n) is 4.38. The molecule has 1 aliphatic carbocycles. The molecule has 0 aromatic carbocycles. The van der Waals surface area contributed by atoms with Crippen molar-refractivity contribution in [3.8, 4) is 0 Å². The van der Waals surface area contributed by atoms with E-state index in [1.165, 1.54) is 37.0 Å².